The van der Waals surface area contributed by atoms with Crippen LogP contribution in [0.3, 0.4) is 0 Å². The predicted octanol–water partition coefficient (Wildman–Crippen LogP) is 1.41. The first kappa shape index (κ1) is 24.5. The van der Waals surface area contributed by atoms with Crippen LogP contribution in [-0.4, -0.2) is 59.0 Å². The third-order valence-corrected chi connectivity index (χ3v) is 5.18. The summed E-state index contributed by atoms with van der Waals surface area (Å²) in [6, 6.07) is 0. The van der Waals surface area contributed by atoms with Crippen LogP contribution in [0, 0.1) is 0 Å². The summed E-state index contributed by atoms with van der Waals surface area (Å²) in [6.07, 6.45) is 9.13. The van der Waals surface area contributed by atoms with Gasteiger partial charge in [0.1, 0.15) is 0 Å². The fourth-order valence-corrected chi connectivity index (χ4v) is 3.54. The molecule has 0 bridgehead atoms. The fourth-order valence-electron chi connectivity index (χ4n) is 3.54. The summed E-state index contributed by atoms with van der Waals surface area (Å²) in [4.78, 5) is 36.7. The molecule has 0 aromatic heterocycles. The molecule has 2 aliphatic rings. The molecule has 2 rings (SSSR count). The van der Waals surface area contributed by atoms with E-state index >= 15 is 0 Å². The first-order valence-electron chi connectivity index (χ1n) is 9.90. The van der Waals surface area contributed by atoms with Crippen LogP contribution in [0.1, 0.15) is 34.1 Å². The Morgan fingerprint density at radius 2 is 1.90 bits per heavy atom. The van der Waals surface area contributed by atoms with Gasteiger partial charge in [-0.15, -0.1) is 0 Å². The van der Waals surface area contributed by atoms with Crippen LogP contribution in [0.4, 0.5) is 0 Å². The van der Waals surface area contributed by atoms with Crippen molar-refractivity contribution in [1.29, 1.82) is 0 Å². The number of epoxide rings is 1. The molecule has 3 N–H and O–H groups in total. The number of fused-ring (bicyclic) bond motifs is 1. The maximum atomic E-state index is 12.8. The lowest BCUT2D eigenvalue weighted by molar-refractivity contribution is -0.138. The van der Waals surface area contributed by atoms with Gasteiger partial charge in [-0.3, -0.25) is 9.59 Å². The van der Waals surface area contributed by atoms with E-state index in [4.69, 9.17) is 14.6 Å². The third-order valence-electron chi connectivity index (χ3n) is 5.18. The number of hydrogen-bond donors (Lipinski definition) is 3. The van der Waals surface area contributed by atoms with E-state index < -0.39 is 35.1 Å². The molecular weight excluding hydrogens is 402 g/mol. The van der Waals surface area contributed by atoms with E-state index in [0.29, 0.717) is 11.1 Å². The average molecular weight is 431 g/mol. The number of aliphatic hydroxyl groups excluding tert-OH is 1. The molecule has 0 saturated carbocycles. The van der Waals surface area contributed by atoms with Gasteiger partial charge in [-0.25, -0.2) is 4.79 Å². The van der Waals surface area contributed by atoms with Crippen molar-refractivity contribution in [1.82, 2.24) is 5.32 Å². The summed E-state index contributed by atoms with van der Waals surface area (Å²) in [5.74, 6) is -1.64. The number of rotatable bonds is 9. The van der Waals surface area contributed by atoms with Crippen LogP contribution in [0.25, 0.3) is 0 Å². The number of Topliss-reactive ketones (excluding diaryl/α,β-unsaturated/α-hetero) is 1. The number of esters is 1. The first-order valence-corrected chi connectivity index (χ1v) is 9.90. The molecule has 0 aliphatic carbocycles. The molecular formula is C23H29NO7. The number of morpholine rings is 1. The predicted molar refractivity (Wildman–Crippen MR) is 114 cm³/mol. The Labute approximate surface area is 181 Å². The van der Waals surface area contributed by atoms with Crippen molar-refractivity contribution in [3.63, 3.8) is 0 Å². The van der Waals surface area contributed by atoms with Gasteiger partial charge >= 0.3 is 5.97 Å². The van der Waals surface area contributed by atoms with Crippen molar-refractivity contribution >= 4 is 17.7 Å². The molecule has 2 heterocycles. The minimum atomic E-state index is -1.74. The van der Waals surface area contributed by atoms with Crippen LogP contribution in [0.5, 0.6) is 0 Å². The number of methoxy groups -OCH3 is 1. The first-order chi connectivity index (χ1) is 14.5. The van der Waals surface area contributed by atoms with Gasteiger partial charge in [0.2, 0.25) is 11.4 Å². The van der Waals surface area contributed by atoms with Crippen LogP contribution >= 0.6 is 0 Å². The number of ketones is 1. The minimum absolute atomic E-state index is 0.122. The topological polar surface area (TPSA) is 125 Å². The second-order valence-corrected chi connectivity index (χ2v) is 7.64. The molecule has 2 fully saturated rings. The Hall–Kier alpha value is -2.81. The molecule has 8 nitrogen and oxygen atoms in total. The molecule has 8 heteroatoms. The summed E-state index contributed by atoms with van der Waals surface area (Å²) in [5.41, 5.74) is -1.000. The lowest BCUT2D eigenvalue weighted by atomic mass is 9.92. The molecule has 1 amide bonds. The van der Waals surface area contributed by atoms with Crippen molar-refractivity contribution in [3.05, 3.63) is 58.7 Å². The SMILES string of the molecule is C\C=C(/C=C(C)/C=C(C)/C=C\C=C(\C)C(=O)[C@]12O[C@@H]1[C@](O)(CCO)NC2=O)C(=O)OC. The average Bonchev–Trinajstić information content (AvgIpc) is 3.44. The number of hydrogen-bond acceptors (Lipinski definition) is 7. The van der Waals surface area contributed by atoms with Gasteiger partial charge < -0.3 is 25.0 Å². The smallest absolute Gasteiger partial charge is 0.337 e. The van der Waals surface area contributed by atoms with Crippen molar-refractivity contribution in [3.8, 4) is 0 Å². The van der Waals surface area contributed by atoms with E-state index in [-0.39, 0.29) is 13.0 Å². The van der Waals surface area contributed by atoms with Crippen LogP contribution in [-0.2, 0) is 23.9 Å². The van der Waals surface area contributed by atoms with Crippen LogP contribution < -0.4 is 5.32 Å². The van der Waals surface area contributed by atoms with Gasteiger partial charge in [-0.1, -0.05) is 41.5 Å². The van der Waals surface area contributed by atoms with Crippen molar-refractivity contribution in [2.45, 2.75) is 51.5 Å². The second-order valence-electron chi connectivity index (χ2n) is 7.64. The minimum Gasteiger partial charge on any atom is -0.465 e. The Morgan fingerprint density at radius 1 is 1.23 bits per heavy atom. The number of ether oxygens (including phenoxy) is 2. The van der Waals surface area contributed by atoms with E-state index in [0.717, 1.165) is 11.1 Å². The quantitative estimate of drug-likeness (QED) is 0.166. The highest BCUT2D eigenvalue weighted by Gasteiger charge is 2.80. The van der Waals surface area contributed by atoms with Gasteiger partial charge in [0.15, 0.2) is 11.8 Å². The van der Waals surface area contributed by atoms with Gasteiger partial charge in [0.05, 0.1) is 12.7 Å². The summed E-state index contributed by atoms with van der Waals surface area (Å²) in [7, 11) is 1.33. The molecule has 168 valence electrons. The molecule has 2 aliphatic heterocycles. The van der Waals surface area contributed by atoms with E-state index in [2.05, 4.69) is 5.32 Å². The molecule has 0 aromatic rings. The zero-order valence-electron chi connectivity index (χ0n) is 18.4. The van der Waals surface area contributed by atoms with E-state index in [1.54, 1.807) is 44.2 Å². The van der Waals surface area contributed by atoms with E-state index in [9.17, 15) is 19.5 Å². The lowest BCUT2D eigenvalue weighted by Crippen LogP contribution is -2.48. The maximum Gasteiger partial charge on any atom is 0.337 e. The Kier molecular flexibility index (Phi) is 7.54. The Bertz CT molecular complexity index is 924. The number of amides is 1. The summed E-state index contributed by atoms with van der Waals surface area (Å²) in [6.45, 7) is 6.68. The Balaban J connectivity index is 2.08. The van der Waals surface area contributed by atoms with Crippen molar-refractivity contribution < 1.29 is 34.1 Å². The number of aliphatic hydroxyl groups is 2. The maximum absolute atomic E-state index is 12.8. The highest BCUT2D eigenvalue weighted by molar-refractivity contribution is 6.21. The standard InChI is InChI=1S/C23H29NO7/c1-6-17(19(27)30-5)13-15(3)12-14(2)8-7-9-16(4)18(26)23-20(31-23)22(29,10-11-25)24-21(23)28/h6-9,12-13,20,25,29H,10-11H2,1-5H3,(H,24,28)/b8-7-,14-12+,15-13+,16-9-,17-6+/t20-,22-,23+/m1/s1. The van der Waals surface area contributed by atoms with Gasteiger partial charge in [-0.2, -0.15) is 0 Å². The molecule has 3 atom stereocenters. The largest absolute Gasteiger partial charge is 0.465 e. The zero-order valence-corrected chi connectivity index (χ0v) is 18.4. The summed E-state index contributed by atoms with van der Waals surface area (Å²) >= 11 is 0. The number of carbonyl (C=O) groups is 3. The van der Waals surface area contributed by atoms with Crippen LogP contribution in [0.2, 0.25) is 0 Å². The third kappa shape index (κ3) is 4.92. The fraction of sp³-hybridized carbons (Fsp3) is 0.435. The van der Waals surface area contributed by atoms with E-state index in [1.807, 2.05) is 19.9 Å². The van der Waals surface area contributed by atoms with Crippen LogP contribution in [0.15, 0.2) is 58.7 Å². The monoisotopic (exact) mass is 431 g/mol. The molecule has 2 saturated heterocycles. The lowest BCUT2D eigenvalue weighted by Gasteiger charge is -2.22. The molecule has 0 aromatic carbocycles. The highest BCUT2D eigenvalue weighted by atomic mass is 16.6. The zero-order chi connectivity index (χ0) is 23.4. The highest BCUT2D eigenvalue weighted by Crippen LogP contribution is 2.50. The molecule has 0 spiro atoms. The van der Waals surface area contributed by atoms with Crippen molar-refractivity contribution in [2.75, 3.05) is 13.7 Å². The molecule has 0 radical (unpaired) electrons. The normalized spacial score (nSPS) is 29.1. The summed E-state index contributed by atoms with van der Waals surface area (Å²) in [5, 5.41) is 21.8. The molecule has 31 heavy (non-hydrogen) atoms. The van der Waals surface area contributed by atoms with Gasteiger partial charge in [0.25, 0.3) is 5.91 Å². The Morgan fingerprint density at radius 3 is 2.45 bits per heavy atom. The van der Waals surface area contributed by atoms with Gasteiger partial charge in [0, 0.05) is 13.0 Å². The number of nitrogens with one attached hydrogen (secondary N) is 1. The molecule has 0 unspecified atom stereocenters. The van der Waals surface area contributed by atoms with Gasteiger partial charge in [-0.05, 0) is 39.3 Å². The van der Waals surface area contributed by atoms with Crippen molar-refractivity contribution in [2.24, 2.45) is 0 Å². The summed E-state index contributed by atoms with van der Waals surface area (Å²) < 4.78 is 10.0. The number of carbonyl (C=O) groups excluding carboxylic acids is 3. The van der Waals surface area contributed by atoms with E-state index in [1.165, 1.54) is 7.11 Å². The second kappa shape index (κ2) is 9.55. The number of allylic oxidation sites excluding steroid dienone is 7.